The molecular weight excluding hydrogens is 226 g/mol. The number of carbonyl (C=O) groups is 1. The van der Waals surface area contributed by atoms with Crippen LogP contribution >= 0.6 is 0 Å². The molecule has 0 spiro atoms. The smallest absolute Gasteiger partial charge is 0.251 e. The van der Waals surface area contributed by atoms with Gasteiger partial charge in [0.1, 0.15) is 6.61 Å². The Morgan fingerprint density at radius 2 is 2.11 bits per heavy atom. The van der Waals surface area contributed by atoms with E-state index in [1.165, 1.54) is 0 Å². The van der Waals surface area contributed by atoms with E-state index in [9.17, 15) is 4.79 Å². The molecule has 1 aromatic carbocycles. The molecule has 0 aliphatic heterocycles. The van der Waals surface area contributed by atoms with Gasteiger partial charge >= 0.3 is 0 Å². The molecule has 0 heterocycles. The average Bonchev–Trinajstić information content (AvgIpc) is 2.33. The second-order valence-corrected chi connectivity index (χ2v) is 5.28. The topological polar surface area (TPSA) is 49.3 Å². The van der Waals surface area contributed by atoms with Crippen LogP contribution in [0.2, 0.25) is 0 Å². The van der Waals surface area contributed by atoms with Crippen LogP contribution in [0.15, 0.2) is 24.3 Å². The molecule has 18 heavy (non-hydrogen) atoms. The maximum Gasteiger partial charge on any atom is 0.251 e. The highest BCUT2D eigenvalue weighted by Crippen LogP contribution is 2.11. The van der Waals surface area contributed by atoms with E-state index in [0.29, 0.717) is 12.1 Å². The van der Waals surface area contributed by atoms with Crippen LogP contribution in [0.4, 0.5) is 0 Å². The molecule has 1 aromatic rings. The summed E-state index contributed by atoms with van der Waals surface area (Å²) in [6.45, 7) is 6.64. The predicted octanol–water partition coefficient (Wildman–Crippen LogP) is 1.81. The standard InChI is InChI=1S/C15H19NO2/c1-15(2,3)11-16-14(18)13-8-4-6-12(10-13)7-5-9-17/h4,6,8,10,17H,9,11H2,1-3H3,(H,16,18). The van der Waals surface area contributed by atoms with Crippen molar-refractivity contribution in [1.29, 1.82) is 0 Å². The second-order valence-electron chi connectivity index (χ2n) is 5.28. The molecule has 0 aliphatic rings. The van der Waals surface area contributed by atoms with Gasteiger partial charge in [-0.1, -0.05) is 38.7 Å². The zero-order valence-electron chi connectivity index (χ0n) is 11.1. The van der Waals surface area contributed by atoms with Crippen molar-refractivity contribution >= 4 is 5.91 Å². The zero-order valence-corrected chi connectivity index (χ0v) is 11.1. The minimum atomic E-state index is -0.180. The summed E-state index contributed by atoms with van der Waals surface area (Å²) >= 11 is 0. The third kappa shape index (κ3) is 5.03. The molecule has 0 fully saturated rings. The number of amides is 1. The van der Waals surface area contributed by atoms with Gasteiger partial charge in [-0.3, -0.25) is 4.79 Å². The van der Waals surface area contributed by atoms with E-state index in [1.807, 2.05) is 6.07 Å². The number of nitrogens with one attached hydrogen (secondary N) is 1. The van der Waals surface area contributed by atoms with Crippen LogP contribution in [-0.4, -0.2) is 24.2 Å². The molecule has 1 rings (SSSR count). The van der Waals surface area contributed by atoms with Gasteiger partial charge in [0.15, 0.2) is 0 Å². The van der Waals surface area contributed by atoms with Crippen LogP contribution in [0.1, 0.15) is 36.7 Å². The number of rotatable bonds is 2. The Kier molecular flexibility index (Phi) is 4.94. The largest absolute Gasteiger partial charge is 0.384 e. The van der Waals surface area contributed by atoms with Gasteiger partial charge in [0.25, 0.3) is 5.91 Å². The third-order valence-corrected chi connectivity index (χ3v) is 2.22. The molecule has 0 bridgehead atoms. The summed E-state index contributed by atoms with van der Waals surface area (Å²) in [5.41, 5.74) is 1.38. The van der Waals surface area contributed by atoms with Crippen LogP contribution in [0.3, 0.4) is 0 Å². The van der Waals surface area contributed by atoms with Crippen molar-refractivity contribution in [1.82, 2.24) is 5.32 Å². The van der Waals surface area contributed by atoms with Crippen molar-refractivity contribution in [2.75, 3.05) is 13.2 Å². The molecule has 1 amide bonds. The Morgan fingerprint density at radius 3 is 2.72 bits per heavy atom. The predicted molar refractivity (Wildman–Crippen MR) is 72.2 cm³/mol. The summed E-state index contributed by atoms with van der Waals surface area (Å²) in [6, 6.07) is 7.07. The van der Waals surface area contributed by atoms with Gasteiger partial charge < -0.3 is 10.4 Å². The first-order chi connectivity index (χ1) is 8.42. The van der Waals surface area contributed by atoms with Crippen molar-refractivity contribution < 1.29 is 9.90 Å². The van der Waals surface area contributed by atoms with E-state index in [0.717, 1.165) is 5.56 Å². The van der Waals surface area contributed by atoms with Gasteiger partial charge in [0.2, 0.25) is 0 Å². The van der Waals surface area contributed by atoms with Gasteiger partial charge in [-0.25, -0.2) is 0 Å². The molecule has 0 radical (unpaired) electrons. The first-order valence-corrected chi connectivity index (χ1v) is 5.90. The Labute approximate surface area is 108 Å². The maximum atomic E-state index is 11.9. The number of aliphatic hydroxyl groups excluding tert-OH is 1. The molecule has 0 saturated carbocycles. The fourth-order valence-corrected chi connectivity index (χ4v) is 1.33. The Hall–Kier alpha value is -1.79. The second kappa shape index (κ2) is 6.23. The van der Waals surface area contributed by atoms with Crippen LogP contribution in [0, 0.1) is 17.3 Å². The van der Waals surface area contributed by atoms with Gasteiger partial charge in [0, 0.05) is 17.7 Å². The van der Waals surface area contributed by atoms with E-state index in [4.69, 9.17) is 5.11 Å². The highest BCUT2D eigenvalue weighted by molar-refractivity contribution is 5.94. The first kappa shape index (κ1) is 14.3. The fraction of sp³-hybridized carbons (Fsp3) is 0.400. The normalized spacial score (nSPS) is 10.4. The molecule has 0 atom stereocenters. The van der Waals surface area contributed by atoms with Crippen LogP contribution in [-0.2, 0) is 0 Å². The van der Waals surface area contributed by atoms with Gasteiger partial charge in [-0.2, -0.15) is 0 Å². The molecule has 0 aliphatic carbocycles. The number of hydrogen-bond acceptors (Lipinski definition) is 2. The third-order valence-electron chi connectivity index (χ3n) is 2.22. The molecule has 3 nitrogen and oxygen atoms in total. The van der Waals surface area contributed by atoms with Crippen LogP contribution in [0.25, 0.3) is 0 Å². The molecule has 96 valence electrons. The molecule has 3 heteroatoms. The maximum absolute atomic E-state index is 11.9. The number of carbonyl (C=O) groups excluding carboxylic acids is 1. The minimum absolute atomic E-state index is 0.0595. The SMILES string of the molecule is CC(C)(C)CNC(=O)c1cccc(C#CCO)c1. The van der Waals surface area contributed by atoms with Crippen molar-refractivity contribution in [3.8, 4) is 11.8 Å². The summed E-state index contributed by atoms with van der Waals surface area (Å²) in [5.74, 6) is 5.24. The Balaban J connectivity index is 2.74. The van der Waals surface area contributed by atoms with Crippen molar-refractivity contribution in [3.05, 3.63) is 35.4 Å². The lowest BCUT2D eigenvalue weighted by Crippen LogP contribution is -2.32. The van der Waals surface area contributed by atoms with E-state index >= 15 is 0 Å². The number of hydrogen-bond donors (Lipinski definition) is 2. The van der Waals surface area contributed by atoms with E-state index < -0.39 is 0 Å². The fourth-order valence-electron chi connectivity index (χ4n) is 1.33. The molecule has 2 N–H and O–H groups in total. The van der Waals surface area contributed by atoms with E-state index in [2.05, 4.69) is 37.9 Å². The van der Waals surface area contributed by atoms with Crippen molar-refractivity contribution in [2.24, 2.45) is 5.41 Å². The average molecular weight is 245 g/mol. The van der Waals surface area contributed by atoms with E-state index in [-0.39, 0.29) is 17.9 Å². The molecule has 0 unspecified atom stereocenters. The van der Waals surface area contributed by atoms with Crippen LogP contribution in [0.5, 0.6) is 0 Å². The Morgan fingerprint density at radius 1 is 1.39 bits per heavy atom. The van der Waals surface area contributed by atoms with Gasteiger partial charge in [-0.15, -0.1) is 0 Å². The molecule has 0 aromatic heterocycles. The zero-order chi connectivity index (χ0) is 13.6. The lowest BCUT2D eigenvalue weighted by molar-refractivity contribution is 0.0939. The van der Waals surface area contributed by atoms with Crippen molar-refractivity contribution in [3.63, 3.8) is 0 Å². The minimum Gasteiger partial charge on any atom is -0.384 e. The highest BCUT2D eigenvalue weighted by Gasteiger charge is 2.12. The summed E-state index contributed by atoms with van der Waals surface area (Å²) in [5, 5.41) is 11.5. The van der Waals surface area contributed by atoms with Crippen LogP contribution < -0.4 is 5.32 Å². The number of benzene rings is 1. The number of aliphatic hydroxyl groups is 1. The summed E-state index contributed by atoms with van der Waals surface area (Å²) in [6.07, 6.45) is 0. The van der Waals surface area contributed by atoms with Crippen molar-refractivity contribution in [2.45, 2.75) is 20.8 Å². The summed E-state index contributed by atoms with van der Waals surface area (Å²) in [7, 11) is 0. The van der Waals surface area contributed by atoms with E-state index in [1.54, 1.807) is 18.2 Å². The molecular formula is C15H19NO2. The lowest BCUT2D eigenvalue weighted by atomic mass is 9.97. The molecule has 0 saturated heterocycles. The lowest BCUT2D eigenvalue weighted by Gasteiger charge is -2.18. The van der Waals surface area contributed by atoms with Gasteiger partial charge in [-0.05, 0) is 23.6 Å². The monoisotopic (exact) mass is 245 g/mol. The summed E-state index contributed by atoms with van der Waals surface area (Å²) < 4.78 is 0. The summed E-state index contributed by atoms with van der Waals surface area (Å²) in [4.78, 5) is 11.9. The first-order valence-electron chi connectivity index (χ1n) is 5.90. The highest BCUT2D eigenvalue weighted by atomic mass is 16.2. The van der Waals surface area contributed by atoms with Gasteiger partial charge in [0.05, 0.1) is 0 Å². The Bertz CT molecular complexity index is 475. The quantitative estimate of drug-likeness (QED) is 0.781.